The van der Waals surface area contributed by atoms with E-state index >= 15 is 0 Å². The van der Waals surface area contributed by atoms with Crippen molar-refractivity contribution >= 4 is 0 Å². The average molecular weight is 288 g/mol. The topological polar surface area (TPSA) is 9.23 Å². The molecule has 0 amide bonds. The largest absolute Gasteiger partial charge is 0.461 e. The number of benzene rings is 2. The molecule has 1 aliphatic heterocycles. The molecule has 0 N–H and O–H groups in total. The monoisotopic (exact) mass is 288 g/mol. The fraction of sp³-hybridized carbons (Fsp3) is 0.238. The number of fused-ring (bicyclic) bond motifs is 1. The van der Waals surface area contributed by atoms with Gasteiger partial charge in [0.15, 0.2) is 0 Å². The molecule has 3 rings (SSSR count). The van der Waals surface area contributed by atoms with Crippen LogP contribution in [0.4, 0.5) is 0 Å². The van der Waals surface area contributed by atoms with Crippen LogP contribution < -0.4 is 4.74 Å². The second-order valence-corrected chi connectivity index (χ2v) is 6.53. The van der Waals surface area contributed by atoms with Crippen molar-refractivity contribution in [3.8, 4) is 17.6 Å². The Morgan fingerprint density at radius 3 is 2.32 bits per heavy atom. The highest BCUT2D eigenvalue weighted by Crippen LogP contribution is 2.39. The van der Waals surface area contributed by atoms with Crippen molar-refractivity contribution in [3.05, 3.63) is 77.6 Å². The van der Waals surface area contributed by atoms with Crippen LogP contribution >= 0.6 is 0 Å². The lowest BCUT2D eigenvalue weighted by molar-refractivity contribution is 0.282. The zero-order valence-electron chi connectivity index (χ0n) is 13.3. The maximum atomic E-state index is 6.07. The van der Waals surface area contributed by atoms with Crippen LogP contribution in [0.1, 0.15) is 37.8 Å². The van der Waals surface area contributed by atoms with E-state index in [1.807, 2.05) is 48.5 Å². The summed E-state index contributed by atoms with van der Waals surface area (Å²) in [7, 11) is 0. The minimum absolute atomic E-state index is 0.0276. The zero-order chi connectivity index (χ0) is 15.6. The summed E-state index contributed by atoms with van der Waals surface area (Å²) in [5, 5.41) is 0. The third kappa shape index (κ3) is 3.07. The highest BCUT2D eigenvalue weighted by atomic mass is 16.5. The first-order valence-corrected chi connectivity index (χ1v) is 7.60. The standard InChI is InChI=1S/C21H20O/c1-21(2,3)20-15-17(14-13-16-9-5-4-6-10-16)18-11-7-8-12-19(18)22-20/h4-12,15,17H,1-3H3. The lowest BCUT2D eigenvalue weighted by Gasteiger charge is -2.29. The fourth-order valence-electron chi connectivity index (χ4n) is 2.43. The number of allylic oxidation sites excluding steroid dienone is 2. The van der Waals surface area contributed by atoms with E-state index in [2.05, 4.69) is 44.8 Å². The molecule has 1 heterocycles. The Bertz CT molecular complexity index is 752. The lowest BCUT2D eigenvalue weighted by Crippen LogP contribution is -2.19. The molecule has 22 heavy (non-hydrogen) atoms. The van der Waals surface area contributed by atoms with Crippen molar-refractivity contribution in [2.24, 2.45) is 5.41 Å². The number of hydrogen-bond donors (Lipinski definition) is 0. The second kappa shape index (κ2) is 5.73. The maximum Gasteiger partial charge on any atom is 0.131 e. The molecule has 0 aliphatic carbocycles. The van der Waals surface area contributed by atoms with Crippen molar-refractivity contribution in [1.29, 1.82) is 0 Å². The van der Waals surface area contributed by atoms with Crippen LogP contribution in [0.25, 0.3) is 0 Å². The van der Waals surface area contributed by atoms with Crippen molar-refractivity contribution in [2.75, 3.05) is 0 Å². The van der Waals surface area contributed by atoms with Gasteiger partial charge in [0.25, 0.3) is 0 Å². The first-order valence-electron chi connectivity index (χ1n) is 7.60. The van der Waals surface area contributed by atoms with Gasteiger partial charge in [-0.2, -0.15) is 0 Å². The summed E-state index contributed by atoms with van der Waals surface area (Å²) in [6, 6.07) is 18.3. The van der Waals surface area contributed by atoms with Gasteiger partial charge in [0.2, 0.25) is 0 Å². The number of para-hydroxylation sites is 1. The third-order valence-electron chi connectivity index (χ3n) is 3.68. The summed E-state index contributed by atoms with van der Waals surface area (Å²) >= 11 is 0. The minimum Gasteiger partial charge on any atom is -0.461 e. The molecular formula is C21H20O. The first-order chi connectivity index (χ1) is 10.5. The highest BCUT2D eigenvalue weighted by molar-refractivity contribution is 5.49. The van der Waals surface area contributed by atoms with E-state index in [-0.39, 0.29) is 11.3 Å². The summed E-state index contributed by atoms with van der Waals surface area (Å²) in [6.07, 6.45) is 2.15. The number of ether oxygens (including phenoxy) is 1. The van der Waals surface area contributed by atoms with Gasteiger partial charge in [-0.1, -0.05) is 69.0 Å². The van der Waals surface area contributed by atoms with E-state index in [0.29, 0.717) is 0 Å². The summed E-state index contributed by atoms with van der Waals surface area (Å²) in [4.78, 5) is 0. The molecule has 1 unspecified atom stereocenters. The summed E-state index contributed by atoms with van der Waals surface area (Å²) in [5.74, 6) is 8.64. The van der Waals surface area contributed by atoms with Crippen LogP contribution in [0.3, 0.4) is 0 Å². The van der Waals surface area contributed by atoms with Gasteiger partial charge in [0.1, 0.15) is 11.5 Å². The van der Waals surface area contributed by atoms with Crippen molar-refractivity contribution in [2.45, 2.75) is 26.7 Å². The normalized spacial score (nSPS) is 16.7. The quantitative estimate of drug-likeness (QED) is 0.610. The third-order valence-corrected chi connectivity index (χ3v) is 3.68. The minimum atomic E-state index is -0.0276. The molecule has 2 aromatic carbocycles. The van der Waals surface area contributed by atoms with Gasteiger partial charge in [-0.25, -0.2) is 0 Å². The SMILES string of the molecule is CC(C)(C)C1=CC(C#Cc2ccccc2)c2ccccc2O1. The Morgan fingerprint density at radius 1 is 0.909 bits per heavy atom. The Hall–Kier alpha value is -2.46. The molecule has 0 saturated heterocycles. The average Bonchev–Trinajstić information content (AvgIpc) is 2.52. The van der Waals surface area contributed by atoms with Crippen LogP contribution in [0.5, 0.6) is 5.75 Å². The van der Waals surface area contributed by atoms with Crippen LogP contribution in [0, 0.1) is 17.3 Å². The summed E-state index contributed by atoms with van der Waals surface area (Å²) in [6.45, 7) is 6.48. The molecule has 1 nitrogen and oxygen atoms in total. The predicted octanol–water partition coefficient (Wildman–Crippen LogP) is 5.14. The molecule has 1 atom stereocenters. The maximum absolute atomic E-state index is 6.07. The summed E-state index contributed by atoms with van der Waals surface area (Å²) in [5.41, 5.74) is 2.15. The van der Waals surface area contributed by atoms with Crippen molar-refractivity contribution in [1.82, 2.24) is 0 Å². The molecule has 0 aromatic heterocycles. The molecule has 1 heteroatoms. The molecule has 0 radical (unpaired) electrons. The van der Waals surface area contributed by atoms with Gasteiger partial charge in [0, 0.05) is 16.5 Å². The van der Waals surface area contributed by atoms with Crippen LogP contribution in [0.15, 0.2) is 66.4 Å². The molecule has 0 saturated carbocycles. The molecule has 0 fully saturated rings. The first kappa shape index (κ1) is 14.5. The van der Waals surface area contributed by atoms with Crippen LogP contribution in [0.2, 0.25) is 0 Å². The summed E-state index contributed by atoms with van der Waals surface area (Å²) < 4.78 is 6.07. The fourth-order valence-corrected chi connectivity index (χ4v) is 2.43. The van der Waals surface area contributed by atoms with Gasteiger partial charge in [-0.15, -0.1) is 0 Å². The molecule has 110 valence electrons. The molecule has 1 aliphatic rings. The predicted molar refractivity (Wildman–Crippen MR) is 90.7 cm³/mol. The van der Waals surface area contributed by atoms with E-state index in [0.717, 1.165) is 22.6 Å². The van der Waals surface area contributed by atoms with Crippen LogP contribution in [-0.2, 0) is 0 Å². The number of hydrogen-bond acceptors (Lipinski definition) is 1. The van der Waals surface area contributed by atoms with Gasteiger partial charge in [0.05, 0.1) is 5.92 Å². The molecular weight excluding hydrogens is 268 g/mol. The molecule has 0 spiro atoms. The van der Waals surface area contributed by atoms with E-state index < -0.39 is 0 Å². The van der Waals surface area contributed by atoms with Gasteiger partial charge in [-0.3, -0.25) is 0 Å². The van der Waals surface area contributed by atoms with E-state index in [4.69, 9.17) is 4.74 Å². The Labute approximate surface area is 132 Å². The van der Waals surface area contributed by atoms with Gasteiger partial charge in [-0.05, 0) is 24.3 Å². The Kier molecular flexibility index (Phi) is 3.77. The highest BCUT2D eigenvalue weighted by Gasteiger charge is 2.27. The van der Waals surface area contributed by atoms with Crippen molar-refractivity contribution in [3.63, 3.8) is 0 Å². The smallest absolute Gasteiger partial charge is 0.131 e. The van der Waals surface area contributed by atoms with Gasteiger partial charge < -0.3 is 4.74 Å². The van der Waals surface area contributed by atoms with Gasteiger partial charge >= 0.3 is 0 Å². The Morgan fingerprint density at radius 2 is 1.59 bits per heavy atom. The molecule has 2 aromatic rings. The Balaban J connectivity index is 2.01. The van der Waals surface area contributed by atoms with Crippen LogP contribution in [-0.4, -0.2) is 0 Å². The molecule has 0 bridgehead atoms. The second-order valence-electron chi connectivity index (χ2n) is 6.53. The van der Waals surface area contributed by atoms with E-state index in [9.17, 15) is 0 Å². The lowest BCUT2D eigenvalue weighted by atomic mass is 9.87. The van der Waals surface area contributed by atoms with E-state index in [1.54, 1.807) is 0 Å². The zero-order valence-corrected chi connectivity index (χ0v) is 13.3. The number of rotatable bonds is 0. The van der Waals surface area contributed by atoms with E-state index in [1.165, 1.54) is 0 Å². The van der Waals surface area contributed by atoms with Crippen molar-refractivity contribution < 1.29 is 4.74 Å².